The average molecular weight is 275 g/mol. The summed E-state index contributed by atoms with van der Waals surface area (Å²) in [4.78, 5) is 17.7. The molecule has 0 saturated carbocycles. The Kier molecular flexibility index (Phi) is 4.73. The van der Waals surface area contributed by atoms with Gasteiger partial charge in [-0.3, -0.25) is 4.57 Å². The third kappa shape index (κ3) is 3.16. The fourth-order valence-corrected chi connectivity index (χ4v) is 1.94. The molecule has 0 unspecified atom stereocenters. The van der Waals surface area contributed by atoms with Gasteiger partial charge >= 0.3 is 6.03 Å². The molecule has 0 atom stereocenters. The van der Waals surface area contributed by atoms with Crippen LogP contribution < -0.4 is 4.74 Å². The third-order valence-corrected chi connectivity index (χ3v) is 2.92. The molecule has 2 rings (SSSR count). The molecule has 6 nitrogen and oxygen atoms in total. The quantitative estimate of drug-likeness (QED) is 0.894. The Morgan fingerprint density at radius 3 is 2.90 bits per heavy atom. The van der Waals surface area contributed by atoms with Gasteiger partial charge in [0.1, 0.15) is 12.1 Å². The van der Waals surface area contributed by atoms with Crippen molar-refractivity contribution in [3.63, 3.8) is 0 Å². The molecule has 0 aliphatic rings. The lowest BCUT2D eigenvalue weighted by molar-refractivity contribution is 0.174. The molecule has 0 aliphatic heterocycles. The molecule has 0 saturated heterocycles. The predicted molar refractivity (Wildman–Crippen MR) is 73.5 cm³/mol. The van der Waals surface area contributed by atoms with Crippen molar-refractivity contribution in [3.8, 4) is 5.75 Å². The van der Waals surface area contributed by atoms with Gasteiger partial charge in [0, 0.05) is 24.5 Å². The Morgan fingerprint density at radius 2 is 2.25 bits per heavy atom. The summed E-state index contributed by atoms with van der Waals surface area (Å²) in [5.41, 5.74) is 0.886. The number of hydrogen-bond donors (Lipinski definition) is 1. The lowest BCUT2D eigenvalue weighted by Gasteiger charge is -2.22. The Labute approximate surface area is 117 Å². The smallest absolute Gasteiger partial charge is 0.329 e. The van der Waals surface area contributed by atoms with Crippen LogP contribution in [0.25, 0.3) is 0 Å². The monoisotopic (exact) mass is 275 g/mol. The van der Waals surface area contributed by atoms with E-state index in [1.54, 1.807) is 18.2 Å². The Morgan fingerprint density at radius 1 is 1.45 bits per heavy atom. The Balaban J connectivity index is 2.19. The summed E-state index contributed by atoms with van der Waals surface area (Å²) in [7, 11) is 1.59. The van der Waals surface area contributed by atoms with E-state index in [2.05, 4.69) is 4.98 Å². The number of amides is 1. The molecule has 1 aromatic heterocycles. The van der Waals surface area contributed by atoms with Crippen LogP contribution in [0.1, 0.15) is 5.56 Å². The van der Waals surface area contributed by atoms with Gasteiger partial charge in [-0.1, -0.05) is 18.2 Å². The number of hydrogen-bond acceptors (Lipinski definition) is 4. The molecule has 0 fully saturated rings. The predicted octanol–water partition coefficient (Wildman–Crippen LogP) is 1.35. The fourth-order valence-electron chi connectivity index (χ4n) is 1.94. The van der Waals surface area contributed by atoms with E-state index in [4.69, 9.17) is 9.84 Å². The summed E-state index contributed by atoms with van der Waals surface area (Å²) < 4.78 is 6.66. The van der Waals surface area contributed by atoms with Gasteiger partial charge in [0.25, 0.3) is 0 Å². The maximum absolute atomic E-state index is 12.3. The number of para-hydroxylation sites is 1. The molecule has 0 radical (unpaired) electrons. The van der Waals surface area contributed by atoms with Crippen LogP contribution in [-0.2, 0) is 6.54 Å². The molecule has 2 aromatic rings. The topological polar surface area (TPSA) is 67.6 Å². The summed E-state index contributed by atoms with van der Waals surface area (Å²) >= 11 is 0. The van der Waals surface area contributed by atoms with Crippen molar-refractivity contribution in [3.05, 3.63) is 48.5 Å². The van der Waals surface area contributed by atoms with E-state index in [0.29, 0.717) is 12.3 Å². The second-order valence-corrected chi connectivity index (χ2v) is 4.21. The van der Waals surface area contributed by atoms with Gasteiger partial charge < -0.3 is 14.7 Å². The van der Waals surface area contributed by atoms with Crippen molar-refractivity contribution in [2.75, 3.05) is 20.3 Å². The summed E-state index contributed by atoms with van der Waals surface area (Å²) in [6.45, 7) is 0.506. The number of ether oxygens (including phenoxy) is 1. The van der Waals surface area contributed by atoms with Gasteiger partial charge in [0.15, 0.2) is 0 Å². The molecule has 1 heterocycles. The van der Waals surface area contributed by atoms with E-state index >= 15 is 0 Å². The van der Waals surface area contributed by atoms with Crippen molar-refractivity contribution >= 4 is 6.03 Å². The average Bonchev–Trinajstić information content (AvgIpc) is 3.01. The largest absolute Gasteiger partial charge is 0.496 e. The van der Waals surface area contributed by atoms with E-state index in [-0.39, 0.29) is 19.2 Å². The van der Waals surface area contributed by atoms with Crippen molar-refractivity contribution in [2.24, 2.45) is 0 Å². The lowest BCUT2D eigenvalue weighted by atomic mass is 10.2. The number of methoxy groups -OCH3 is 1. The van der Waals surface area contributed by atoms with Crippen molar-refractivity contribution in [1.29, 1.82) is 0 Å². The summed E-state index contributed by atoms with van der Waals surface area (Å²) in [5, 5.41) is 9.14. The van der Waals surface area contributed by atoms with E-state index in [9.17, 15) is 4.79 Å². The van der Waals surface area contributed by atoms with Gasteiger partial charge in [0.2, 0.25) is 0 Å². The summed E-state index contributed by atoms with van der Waals surface area (Å²) in [5.74, 6) is 0.717. The summed E-state index contributed by atoms with van der Waals surface area (Å²) in [6.07, 6.45) is 4.56. The highest BCUT2D eigenvalue weighted by molar-refractivity contribution is 5.76. The molecule has 6 heteroatoms. The molecule has 1 N–H and O–H groups in total. The number of aromatic nitrogens is 2. The van der Waals surface area contributed by atoms with Gasteiger partial charge in [-0.05, 0) is 6.07 Å². The molecular formula is C14H17N3O3. The van der Waals surface area contributed by atoms with Gasteiger partial charge in [-0.2, -0.15) is 0 Å². The van der Waals surface area contributed by atoms with Crippen LogP contribution in [0.4, 0.5) is 4.79 Å². The third-order valence-electron chi connectivity index (χ3n) is 2.92. The minimum atomic E-state index is -0.234. The Bertz CT molecular complexity index is 555. The maximum atomic E-state index is 12.3. The molecule has 106 valence electrons. The standard InChI is InChI=1S/C14H17N3O3/c1-20-13-5-3-2-4-12(13)10-16(8-9-18)14(19)17-7-6-15-11-17/h2-7,11,18H,8-10H2,1H3. The number of nitrogens with zero attached hydrogens (tertiary/aromatic N) is 3. The van der Waals surface area contributed by atoms with Crippen LogP contribution in [0.15, 0.2) is 43.0 Å². The van der Waals surface area contributed by atoms with Gasteiger partial charge in [0.05, 0.1) is 20.3 Å². The number of carbonyl (C=O) groups excluding carboxylic acids is 1. The number of aliphatic hydroxyl groups excluding tert-OH is 1. The minimum Gasteiger partial charge on any atom is -0.496 e. The first-order chi connectivity index (χ1) is 9.76. The maximum Gasteiger partial charge on any atom is 0.329 e. The molecule has 20 heavy (non-hydrogen) atoms. The van der Waals surface area contributed by atoms with Gasteiger partial charge in [-0.25, -0.2) is 9.78 Å². The highest BCUT2D eigenvalue weighted by atomic mass is 16.5. The minimum absolute atomic E-state index is 0.102. The van der Waals surface area contributed by atoms with Crippen LogP contribution >= 0.6 is 0 Å². The van der Waals surface area contributed by atoms with Crippen LogP contribution in [0.2, 0.25) is 0 Å². The second-order valence-electron chi connectivity index (χ2n) is 4.21. The summed E-state index contributed by atoms with van der Waals surface area (Å²) in [6, 6.07) is 7.26. The molecule has 0 aliphatic carbocycles. The molecular weight excluding hydrogens is 258 g/mol. The van der Waals surface area contributed by atoms with Crippen molar-refractivity contribution in [1.82, 2.24) is 14.5 Å². The van der Waals surface area contributed by atoms with E-state index in [1.165, 1.54) is 17.1 Å². The first kappa shape index (κ1) is 14.1. The first-order valence-electron chi connectivity index (χ1n) is 6.26. The molecule has 0 bridgehead atoms. The number of imidazole rings is 1. The Hall–Kier alpha value is -2.34. The lowest BCUT2D eigenvalue weighted by Crippen LogP contribution is -2.35. The highest BCUT2D eigenvalue weighted by Crippen LogP contribution is 2.19. The van der Waals surface area contributed by atoms with Crippen LogP contribution in [-0.4, -0.2) is 45.9 Å². The number of rotatable bonds is 5. The zero-order valence-corrected chi connectivity index (χ0v) is 11.3. The molecule has 1 amide bonds. The molecule has 1 aromatic carbocycles. The number of benzene rings is 1. The number of aliphatic hydroxyl groups is 1. The molecule has 0 spiro atoms. The zero-order valence-electron chi connectivity index (χ0n) is 11.3. The SMILES string of the molecule is COc1ccccc1CN(CCO)C(=O)n1ccnc1. The second kappa shape index (κ2) is 6.72. The van der Waals surface area contributed by atoms with E-state index in [1.807, 2.05) is 24.3 Å². The fraction of sp³-hybridized carbons (Fsp3) is 0.286. The van der Waals surface area contributed by atoms with E-state index < -0.39 is 0 Å². The van der Waals surface area contributed by atoms with Crippen LogP contribution in [0, 0.1) is 0 Å². The normalized spacial score (nSPS) is 10.3. The van der Waals surface area contributed by atoms with Crippen molar-refractivity contribution in [2.45, 2.75) is 6.54 Å². The number of carbonyl (C=O) groups is 1. The van der Waals surface area contributed by atoms with E-state index in [0.717, 1.165) is 5.56 Å². The zero-order chi connectivity index (χ0) is 14.4. The first-order valence-corrected chi connectivity index (χ1v) is 6.26. The van der Waals surface area contributed by atoms with Crippen molar-refractivity contribution < 1.29 is 14.6 Å². The van der Waals surface area contributed by atoms with Crippen LogP contribution in [0.5, 0.6) is 5.75 Å². The van der Waals surface area contributed by atoms with Gasteiger partial charge in [-0.15, -0.1) is 0 Å². The van der Waals surface area contributed by atoms with Crippen LogP contribution in [0.3, 0.4) is 0 Å². The highest BCUT2D eigenvalue weighted by Gasteiger charge is 2.16.